The van der Waals surface area contributed by atoms with E-state index in [9.17, 15) is 9.18 Å². The molecule has 1 saturated heterocycles. The van der Waals surface area contributed by atoms with Gasteiger partial charge in [0.1, 0.15) is 5.82 Å². The molecule has 0 amide bonds. The van der Waals surface area contributed by atoms with Crippen LogP contribution in [0.1, 0.15) is 35.2 Å². The Bertz CT molecular complexity index is 638. The first-order chi connectivity index (χ1) is 11.2. The third-order valence-corrected chi connectivity index (χ3v) is 4.49. The van der Waals surface area contributed by atoms with Crippen molar-refractivity contribution in [1.29, 1.82) is 0 Å². The third-order valence-electron chi connectivity index (χ3n) is 4.49. The zero-order chi connectivity index (χ0) is 16.1. The standard InChI is InChI=1S/C20H22FNO/c21-19-10-8-18(9-11-19)20(23)13-17-7-4-12-22(15-17)14-16-5-2-1-3-6-16/h1-3,5-6,8-11,17H,4,7,12-15H2/t17-/m1/s1. The molecule has 1 atom stereocenters. The monoisotopic (exact) mass is 311 g/mol. The van der Waals surface area contributed by atoms with E-state index in [2.05, 4.69) is 29.2 Å². The molecule has 0 saturated carbocycles. The molecule has 2 aromatic carbocycles. The third kappa shape index (κ3) is 4.49. The SMILES string of the molecule is O=C(C[C@H]1CCCN(Cc2ccccc2)C1)c1ccc(F)cc1. The lowest BCUT2D eigenvalue weighted by atomic mass is 9.90. The molecule has 0 aliphatic carbocycles. The molecule has 1 fully saturated rings. The quantitative estimate of drug-likeness (QED) is 0.767. The van der Waals surface area contributed by atoms with Crippen molar-refractivity contribution in [3.05, 3.63) is 71.5 Å². The van der Waals surface area contributed by atoms with Gasteiger partial charge in [-0.2, -0.15) is 0 Å². The molecular formula is C20H22FNO. The van der Waals surface area contributed by atoms with Crippen LogP contribution in [0.25, 0.3) is 0 Å². The summed E-state index contributed by atoms with van der Waals surface area (Å²) in [6.45, 7) is 3.00. The number of hydrogen-bond acceptors (Lipinski definition) is 2. The molecule has 0 radical (unpaired) electrons. The predicted molar refractivity (Wildman–Crippen MR) is 89.8 cm³/mol. The number of halogens is 1. The summed E-state index contributed by atoms with van der Waals surface area (Å²) in [4.78, 5) is 14.8. The smallest absolute Gasteiger partial charge is 0.163 e. The lowest BCUT2D eigenvalue weighted by Crippen LogP contribution is -2.35. The fourth-order valence-corrected chi connectivity index (χ4v) is 3.32. The topological polar surface area (TPSA) is 20.3 Å². The number of nitrogens with zero attached hydrogens (tertiary/aromatic N) is 1. The molecule has 0 N–H and O–H groups in total. The van der Waals surface area contributed by atoms with Crippen molar-refractivity contribution < 1.29 is 9.18 Å². The number of Topliss-reactive ketones (excluding diaryl/α,β-unsaturated/α-hetero) is 1. The van der Waals surface area contributed by atoms with E-state index in [4.69, 9.17) is 0 Å². The van der Waals surface area contributed by atoms with Gasteiger partial charge < -0.3 is 0 Å². The average molecular weight is 311 g/mol. The van der Waals surface area contributed by atoms with Gasteiger partial charge in [0.25, 0.3) is 0 Å². The zero-order valence-electron chi connectivity index (χ0n) is 13.2. The fourth-order valence-electron chi connectivity index (χ4n) is 3.32. The van der Waals surface area contributed by atoms with Crippen molar-refractivity contribution in [2.24, 2.45) is 5.92 Å². The maximum absolute atomic E-state index is 12.9. The van der Waals surface area contributed by atoms with E-state index in [-0.39, 0.29) is 11.6 Å². The van der Waals surface area contributed by atoms with E-state index < -0.39 is 0 Å². The van der Waals surface area contributed by atoms with Crippen LogP contribution in [0.4, 0.5) is 4.39 Å². The van der Waals surface area contributed by atoms with Gasteiger partial charge in [0.05, 0.1) is 0 Å². The number of piperidine rings is 1. The Labute approximate surface area is 136 Å². The predicted octanol–water partition coefficient (Wildman–Crippen LogP) is 4.31. The van der Waals surface area contributed by atoms with E-state index >= 15 is 0 Å². The molecule has 0 aromatic heterocycles. The molecule has 1 aliphatic rings. The molecule has 2 nitrogen and oxygen atoms in total. The Morgan fingerprint density at radius 1 is 1.09 bits per heavy atom. The first-order valence-corrected chi connectivity index (χ1v) is 8.26. The van der Waals surface area contributed by atoms with Gasteiger partial charge in [0.2, 0.25) is 0 Å². The first kappa shape index (κ1) is 15.9. The number of benzene rings is 2. The summed E-state index contributed by atoms with van der Waals surface area (Å²) in [5.41, 5.74) is 1.93. The molecule has 3 rings (SSSR count). The lowest BCUT2D eigenvalue weighted by Gasteiger charge is -2.32. The van der Waals surface area contributed by atoms with Gasteiger partial charge in [-0.1, -0.05) is 30.3 Å². The fraction of sp³-hybridized carbons (Fsp3) is 0.350. The average Bonchev–Trinajstić information content (AvgIpc) is 2.57. The molecule has 0 spiro atoms. The van der Waals surface area contributed by atoms with Crippen LogP contribution in [0.5, 0.6) is 0 Å². The summed E-state index contributed by atoms with van der Waals surface area (Å²) >= 11 is 0. The van der Waals surface area contributed by atoms with Crippen molar-refractivity contribution in [1.82, 2.24) is 4.90 Å². The van der Waals surface area contributed by atoms with Gasteiger partial charge in [0.15, 0.2) is 5.78 Å². The number of rotatable bonds is 5. The van der Waals surface area contributed by atoms with E-state index in [1.54, 1.807) is 12.1 Å². The van der Waals surface area contributed by atoms with Crippen molar-refractivity contribution >= 4 is 5.78 Å². The first-order valence-electron chi connectivity index (χ1n) is 8.26. The zero-order valence-corrected chi connectivity index (χ0v) is 13.2. The number of carbonyl (C=O) groups excluding carboxylic acids is 1. The molecule has 23 heavy (non-hydrogen) atoms. The highest BCUT2D eigenvalue weighted by molar-refractivity contribution is 5.96. The minimum atomic E-state index is -0.298. The highest BCUT2D eigenvalue weighted by atomic mass is 19.1. The summed E-state index contributed by atoms with van der Waals surface area (Å²) in [6.07, 6.45) is 2.78. The van der Waals surface area contributed by atoms with E-state index in [0.29, 0.717) is 17.9 Å². The normalized spacial score (nSPS) is 18.7. The second kappa shape index (κ2) is 7.51. The summed E-state index contributed by atoms with van der Waals surface area (Å²) in [6, 6.07) is 16.3. The second-order valence-corrected chi connectivity index (χ2v) is 6.36. The van der Waals surface area contributed by atoms with E-state index in [1.165, 1.54) is 17.7 Å². The minimum absolute atomic E-state index is 0.122. The van der Waals surface area contributed by atoms with Crippen LogP contribution < -0.4 is 0 Å². The van der Waals surface area contributed by atoms with Crippen LogP contribution in [-0.4, -0.2) is 23.8 Å². The number of ketones is 1. The van der Waals surface area contributed by atoms with Crippen molar-refractivity contribution in [2.75, 3.05) is 13.1 Å². The molecule has 120 valence electrons. The van der Waals surface area contributed by atoms with E-state index in [0.717, 1.165) is 32.5 Å². The van der Waals surface area contributed by atoms with Crippen LogP contribution in [0.15, 0.2) is 54.6 Å². The van der Waals surface area contributed by atoms with Crippen LogP contribution in [-0.2, 0) is 6.54 Å². The molecular weight excluding hydrogens is 289 g/mol. The largest absolute Gasteiger partial charge is 0.299 e. The molecule has 0 bridgehead atoms. The Kier molecular flexibility index (Phi) is 5.19. The summed E-state index contributed by atoms with van der Waals surface area (Å²) in [7, 11) is 0. The second-order valence-electron chi connectivity index (χ2n) is 6.36. The summed E-state index contributed by atoms with van der Waals surface area (Å²) < 4.78 is 12.9. The van der Waals surface area contributed by atoms with Gasteiger partial charge in [-0.25, -0.2) is 4.39 Å². The van der Waals surface area contributed by atoms with E-state index in [1.807, 2.05) is 6.07 Å². The van der Waals surface area contributed by atoms with Gasteiger partial charge in [-0.3, -0.25) is 9.69 Å². The van der Waals surface area contributed by atoms with Crippen LogP contribution in [0.3, 0.4) is 0 Å². The maximum atomic E-state index is 12.9. The molecule has 1 aliphatic heterocycles. The lowest BCUT2D eigenvalue weighted by molar-refractivity contribution is 0.0912. The number of likely N-dealkylation sites (tertiary alicyclic amines) is 1. The van der Waals surface area contributed by atoms with Crippen molar-refractivity contribution in [3.8, 4) is 0 Å². The summed E-state index contributed by atoms with van der Waals surface area (Å²) in [5, 5.41) is 0. The van der Waals surface area contributed by atoms with Crippen molar-refractivity contribution in [2.45, 2.75) is 25.8 Å². The highest BCUT2D eigenvalue weighted by Gasteiger charge is 2.22. The number of hydrogen-bond donors (Lipinski definition) is 0. The van der Waals surface area contributed by atoms with Crippen LogP contribution >= 0.6 is 0 Å². The van der Waals surface area contributed by atoms with Gasteiger partial charge >= 0.3 is 0 Å². The summed E-state index contributed by atoms with van der Waals surface area (Å²) in [5.74, 6) is 0.217. The van der Waals surface area contributed by atoms with Crippen molar-refractivity contribution in [3.63, 3.8) is 0 Å². The Morgan fingerprint density at radius 2 is 1.83 bits per heavy atom. The number of carbonyl (C=O) groups is 1. The van der Waals surface area contributed by atoms with Gasteiger partial charge in [-0.05, 0) is 55.1 Å². The molecule has 3 heteroatoms. The van der Waals surface area contributed by atoms with Gasteiger partial charge in [-0.15, -0.1) is 0 Å². The molecule has 2 aromatic rings. The maximum Gasteiger partial charge on any atom is 0.163 e. The van der Waals surface area contributed by atoms with Gasteiger partial charge in [0, 0.05) is 25.1 Å². The Balaban J connectivity index is 1.56. The van der Waals surface area contributed by atoms with Crippen LogP contribution in [0.2, 0.25) is 0 Å². The Hall–Kier alpha value is -2.00. The van der Waals surface area contributed by atoms with Crippen LogP contribution in [0, 0.1) is 11.7 Å². The Morgan fingerprint density at radius 3 is 2.57 bits per heavy atom. The highest BCUT2D eigenvalue weighted by Crippen LogP contribution is 2.23. The minimum Gasteiger partial charge on any atom is -0.299 e. The molecule has 1 heterocycles. The molecule has 0 unspecified atom stereocenters.